The van der Waals surface area contributed by atoms with E-state index < -0.39 is 0 Å². The number of nitrogens with zero attached hydrogens (tertiary/aromatic N) is 4. The van der Waals surface area contributed by atoms with Crippen LogP contribution >= 0.6 is 0 Å². The number of hydrogen-bond donors (Lipinski definition) is 0. The van der Waals surface area contributed by atoms with E-state index in [1.807, 2.05) is 42.2 Å². The summed E-state index contributed by atoms with van der Waals surface area (Å²) in [5, 5.41) is 8.44. The Morgan fingerprint density at radius 1 is 1.12 bits per heavy atom. The van der Waals surface area contributed by atoms with Crippen LogP contribution in [-0.4, -0.2) is 27.4 Å². The minimum Gasteiger partial charge on any atom is -0.307 e. The van der Waals surface area contributed by atoms with E-state index in [1.165, 1.54) is 11.1 Å². The molecule has 0 unspecified atom stereocenters. The average molecular weight is 346 g/mol. The zero-order valence-electron chi connectivity index (χ0n) is 15.1. The van der Waals surface area contributed by atoms with Gasteiger partial charge in [0.2, 0.25) is 0 Å². The second-order valence-corrected chi connectivity index (χ2v) is 6.64. The molecule has 5 heteroatoms. The third kappa shape index (κ3) is 2.79. The number of carbonyl (C=O) groups excluding carboxylic acids is 1. The molecule has 2 heterocycles. The summed E-state index contributed by atoms with van der Waals surface area (Å²) in [5.41, 5.74) is 5.58. The van der Waals surface area contributed by atoms with Crippen molar-refractivity contribution in [1.82, 2.24) is 15.0 Å². The molecule has 132 valence electrons. The van der Waals surface area contributed by atoms with Gasteiger partial charge in [-0.05, 0) is 55.5 Å². The Morgan fingerprint density at radius 3 is 2.65 bits per heavy atom. The van der Waals surface area contributed by atoms with Gasteiger partial charge in [-0.2, -0.15) is 0 Å². The third-order valence-electron chi connectivity index (χ3n) is 5.04. The maximum atomic E-state index is 13.1. The van der Waals surface area contributed by atoms with Crippen molar-refractivity contribution in [3.8, 4) is 5.69 Å². The number of amides is 1. The molecule has 1 amide bonds. The number of fused-ring (bicyclic) bond motifs is 1. The Labute approximate surface area is 153 Å². The van der Waals surface area contributed by atoms with Crippen molar-refractivity contribution in [2.24, 2.45) is 0 Å². The van der Waals surface area contributed by atoms with Crippen molar-refractivity contribution in [3.63, 3.8) is 0 Å². The molecule has 0 bridgehead atoms. The van der Waals surface area contributed by atoms with E-state index in [-0.39, 0.29) is 5.91 Å². The maximum absolute atomic E-state index is 13.1. The van der Waals surface area contributed by atoms with E-state index in [0.29, 0.717) is 12.2 Å². The molecule has 0 saturated carbocycles. The number of hydrogen-bond acceptors (Lipinski definition) is 3. The fourth-order valence-corrected chi connectivity index (χ4v) is 3.52. The molecular formula is C21H22N4O. The van der Waals surface area contributed by atoms with Crippen LogP contribution in [0.3, 0.4) is 0 Å². The number of para-hydroxylation sites is 1. The Morgan fingerprint density at radius 2 is 1.88 bits per heavy atom. The SMILES string of the molecule is CCc1ccc(-n2nnc(C(=O)N3CCCc4ccccc43)c2C)cc1. The predicted octanol–water partition coefficient (Wildman–Crippen LogP) is 3.73. The van der Waals surface area contributed by atoms with Crippen molar-refractivity contribution < 1.29 is 4.79 Å². The van der Waals surface area contributed by atoms with Gasteiger partial charge in [0.25, 0.3) is 5.91 Å². The van der Waals surface area contributed by atoms with Gasteiger partial charge in [-0.25, -0.2) is 4.68 Å². The quantitative estimate of drug-likeness (QED) is 0.726. The van der Waals surface area contributed by atoms with E-state index in [9.17, 15) is 4.79 Å². The number of aromatic nitrogens is 3. The first-order valence-electron chi connectivity index (χ1n) is 9.10. The molecule has 0 saturated heterocycles. The Balaban J connectivity index is 1.67. The topological polar surface area (TPSA) is 51.0 Å². The smallest absolute Gasteiger partial charge is 0.280 e. The van der Waals surface area contributed by atoms with Crippen molar-refractivity contribution >= 4 is 11.6 Å². The Kier molecular flexibility index (Phi) is 4.29. The van der Waals surface area contributed by atoms with E-state index in [0.717, 1.165) is 36.3 Å². The highest BCUT2D eigenvalue weighted by Gasteiger charge is 2.27. The number of anilines is 1. The van der Waals surface area contributed by atoms with E-state index in [2.05, 4.69) is 35.4 Å². The van der Waals surface area contributed by atoms with E-state index >= 15 is 0 Å². The lowest BCUT2D eigenvalue weighted by atomic mass is 10.0. The monoisotopic (exact) mass is 346 g/mol. The molecule has 1 aliphatic rings. The van der Waals surface area contributed by atoms with Gasteiger partial charge in [-0.3, -0.25) is 4.79 Å². The van der Waals surface area contributed by atoms with Crippen molar-refractivity contribution in [2.75, 3.05) is 11.4 Å². The van der Waals surface area contributed by atoms with Crippen LogP contribution in [0.15, 0.2) is 48.5 Å². The lowest BCUT2D eigenvalue weighted by Gasteiger charge is -2.28. The predicted molar refractivity (Wildman–Crippen MR) is 102 cm³/mol. The molecule has 5 nitrogen and oxygen atoms in total. The summed E-state index contributed by atoms with van der Waals surface area (Å²) in [4.78, 5) is 15.0. The molecule has 0 fully saturated rings. The first-order chi connectivity index (χ1) is 12.7. The number of rotatable bonds is 3. The van der Waals surface area contributed by atoms with Crippen LogP contribution in [0.2, 0.25) is 0 Å². The van der Waals surface area contributed by atoms with Crippen LogP contribution in [0, 0.1) is 6.92 Å². The molecule has 0 aliphatic carbocycles. The van der Waals surface area contributed by atoms with Gasteiger partial charge in [0.15, 0.2) is 5.69 Å². The van der Waals surface area contributed by atoms with Gasteiger partial charge < -0.3 is 4.90 Å². The van der Waals surface area contributed by atoms with Gasteiger partial charge in [0, 0.05) is 12.2 Å². The van der Waals surface area contributed by atoms with Gasteiger partial charge in [-0.1, -0.05) is 42.5 Å². The number of benzene rings is 2. The molecule has 1 aliphatic heterocycles. The molecule has 0 spiro atoms. The largest absolute Gasteiger partial charge is 0.307 e. The first kappa shape index (κ1) is 16.5. The molecule has 26 heavy (non-hydrogen) atoms. The summed E-state index contributed by atoms with van der Waals surface area (Å²) in [6.07, 6.45) is 2.97. The molecule has 1 aromatic heterocycles. The zero-order chi connectivity index (χ0) is 18.1. The number of aryl methyl sites for hydroxylation is 2. The van der Waals surface area contributed by atoms with Gasteiger partial charge in [-0.15, -0.1) is 5.10 Å². The van der Waals surface area contributed by atoms with Crippen molar-refractivity contribution in [1.29, 1.82) is 0 Å². The average Bonchev–Trinajstić information content (AvgIpc) is 3.08. The van der Waals surface area contributed by atoms with E-state index in [4.69, 9.17) is 0 Å². The minimum atomic E-state index is -0.0777. The zero-order valence-corrected chi connectivity index (χ0v) is 15.1. The molecule has 0 N–H and O–H groups in total. The highest BCUT2D eigenvalue weighted by Crippen LogP contribution is 2.28. The number of carbonyl (C=O) groups is 1. The van der Waals surface area contributed by atoms with Crippen LogP contribution in [0.4, 0.5) is 5.69 Å². The van der Waals surface area contributed by atoms with Gasteiger partial charge in [0.05, 0.1) is 11.4 Å². The summed E-state index contributed by atoms with van der Waals surface area (Å²) in [7, 11) is 0. The van der Waals surface area contributed by atoms with Crippen LogP contribution in [-0.2, 0) is 12.8 Å². The van der Waals surface area contributed by atoms with Crippen molar-refractivity contribution in [2.45, 2.75) is 33.1 Å². The van der Waals surface area contributed by atoms with Crippen LogP contribution in [0.1, 0.15) is 40.7 Å². The summed E-state index contributed by atoms with van der Waals surface area (Å²) in [6, 6.07) is 16.3. The minimum absolute atomic E-state index is 0.0777. The normalized spacial score (nSPS) is 13.5. The Hall–Kier alpha value is -2.95. The molecule has 0 atom stereocenters. The Bertz CT molecular complexity index is 943. The van der Waals surface area contributed by atoms with Crippen LogP contribution in [0.5, 0.6) is 0 Å². The van der Waals surface area contributed by atoms with E-state index in [1.54, 1.807) is 4.68 Å². The molecular weight excluding hydrogens is 324 g/mol. The summed E-state index contributed by atoms with van der Waals surface area (Å²) >= 11 is 0. The fraction of sp³-hybridized carbons (Fsp3) is 0.286. The van der Waals surface area contributed by atoms with Gasteiger partial charge >= 0.3 is 0 Å². The second-order valence-electron chi connectivity index (χ2n) is 6.64. The maximum Gasteiger partial charge on any atom is 0.280 e. The highest BCUT2D eigenvalue weighted by molar-refractivity contribution is 6.06. The highest BCUT2D eigenvalue weighted by atomic mass is 16.2. The molecule has 4 rings (SSSR count). The molecule has 3 aromatic rings. The standard InChI is InChI=1S/C21H22N4O/c1-3-16-10-12-18(13-11-16)25-15(2)20(22-23-25)21(26)24-14-6-8-17-7-4-5-9-19(17)24/h4-5,7,9-13H,3,6,8,14H2,1-2H3. The van der Waals surface area contributed by atoms with Crippen LogP contribution < -0.4 is 4.90 Å². The van der Waals surface area contributed by atoms with Crippen LogP contribution in [0.25, 0.3) is 5.69 Å². The summed E-state index contributed by atoms with van der Waals surface area (Å²) < 4.78 is 1.74. The summed E-state index contributed by atoms with van der Waals surface area (Å²) in [5.74, 6) is -0.0777. The lowest BCUT2D eigenvalue weighted by Crippen LogP contribution is -2.36. The van der Waals surface area contributed by atoms with Crippen molar-refractivity contribution in [3.05, 3.63) is 71.0 Å². The fourth-order valence-electron chi connectivity index (χ4n) is 3.52. The molecule has 2 aromatic carbocycles. The second kappa shape index (κ2) is 6.75. The first-order valence-corrected chi connectivity index (χ1v) is 9.10. The lowest BCUT2D eigenvalue weighted by molar-refractivity contribution is 0.0979. The third-order valence-corrected chi connectivity index (χ3v) is 5.04. The van der Waals surface area contributed by atoms with Gasteiger partial charge in [0.1, 0.15) is 0 Å². The molecule has 0 radical (unpaired) electrons. The summed E-state index contributed by atoms with van der Waals surface area (Å²) in [6.45, 7) is 4.74.